The lowest BCUT2D eigenvalue weighted by atomic mass is 10.0. The molecule has 0 unspecified atom stereocenters. The predicted octanol–water partition coefficient (Wildman–Crippen LogP) is 5.15. The lowest BCUT2D eigenvalue weighted by molar-refractivity contribution is -0.121. The van der Waals surface area contributed by atoms with Gasteiger partial charge in [0, 0.05) is 13.0 Å². The second-order valence-electron chi connectivity index (χ2n) is 7.79. The fourth-order valence-corrected chi connectivity index (χ4v) is 3.08. The molecule has 0 bridgehead atoms. The van der Waals surface area contributed by atoms with Crippen LogP contribution in [-0.2, 0) is 19.4 Å². The van der Waals surface area contributed by atoms with Gasteiger partial charge < -0.3 is 11.1 Å². The summed E-state index contributed by atoms with van der Waals surface area (Å²) in [5.74, 6) is 0.193. The Morgan fingerprint density at radius 1 is 0.800 bits per heavy atom. The van der Waals surface area contributed by atoms with Crippen molar-refractivity contribution in [1.82, 2.24) is 5.32 Å². The molecule has 0 radical (unpaired) electrons. The van der Waals surface area contributed by atoms with Crippen molar-refractivity contribution in [1.29, 1.82) is 0 Å². The van der Waals surface area contributed by atoms with Crippen molar-refractivity contribution in [3.8, 4) is 0 Å². The van der Waals surface area contributed by atoms with Gasteiger partial charge in [0.1, 0.15) is 0 Å². The Labute approximate surface area is 185 Å². The van der Waals surface area contributed by atoms with E-state index in [9.17, 15) is 13.2 Å². The van der Waals surface area contributed by atoms with Gasteiger partial charge in [-0.2, -0.15) is 8.42 Å². The zero-order valence-electron chi connectivity index (χ0n) is 19.5. The Morgan fingerprint density at radius 2 is 1.17 bits per heavy atom. The molecule has 182 valence electrons. The van der Waals surface area contributed by atoms with Crippen LogP contribution in [0.2, 0.25) is 0 Å². The van der Waals surface area contributed by atoms with Crippen LogP contribution in [-0.4, -0.2) is 39.1 Å². The third-order valence-electron chi connectivity index (χ3n) is 4.92. The first kappa shape index (κ1) is 31.5. The number of nitrogens with one attached hydrogen (secondary N) is 1. The molecule has 7 nitrogen and oxygen atoms in total. The number of rotatable bonds is 20. The van der Waals surface area contributed by atoms with Gasteiger partial charge in [-0.25, -0.2) is 0 Å². The van der Waals surface area contributed by atoms with Gasteiger partial charge in [-0.3, -0.25) is 13.5 Å². The molecule has 4 N–H and O–H groups in total. The first-order valence-corrected chi connectivity index (χ1v) is 13.2. The summed E-state index contributed by atoms with van der Waals surface area (Å²) < 4.78 is 29.7. The molecule has 0 atom stereocenters. The molecule has 0 saturated carbocycles. The number of carbonyl (C=O) groups is 1. The zero-order valence-corrected chi connectivity index (χ0v) is 20.3. The van der Waals surface area contributed by atoms with E-state index in [2.05, 4.69) is 16.4 Å². The highest BCUT2D eigenvalue weighted by Crippen LogP contribution is 2.13. The van der Waals surface area contributed by atoms with E-state index in [-0.39, 0.29) is 5.91 Å². The van der Waals surface area contributed by atoms with Crippen LogP contribution in [0.1, 0.15) is 116 Å². The number of unbranched alkanes of at least 4 members (excludes halogenated alkanes) is 14. The lowest BCUT2D eigenvalue weighted by Crippen LogP contribution is -2.25. The van der Waals surface area contributed by atoms with E-state index in [0.29, 0.717) is 13.0 Å². The molecule has 0 heterocycles. The molecule has 30 heavy (non-hydrogen) atoms. The van der Waals surface area contributed by atoms with Crippen LogP contribution in [0.15, 0.2) is 0 Å². The van der Waals surface area contributed by atoms with Gasteiger partial charge in [-0.05, 0) is 19.4 Å². The molecule has 0 aliphatic carbocycles. The van der Waals surface area contributed by atoms with Gasteiger partial charge >= 0.3 is 10.4 Å². The number of hydrogen-bond acceptors (Lipinski definition) is 5. The fourth-order valence-electron chi connectivity index (χ4n) is 3.08. The van der Waals surface area contributed by atoms with E-state index < -0.39 is 10.4 Å². The maximum absolute atomic E-state index is 11.5. The molecule has 0 aromatic heterocycles. The van der Waals surface area contributed by atoms with Gasteiger partial charge in [0.2, 0.25) is 5.91 Å². The van der Waals surface area contributed by atoms with Crippen LogP contribution in [0.4, 0.5) is 0 Å². The van der Waals surface area contributed by atoms with E-state index in [1.807, 2.05) is 0 Å². The molecule has 0 saturated heterocycles. The molecule has 0 rings (SSSR count). The van der Waals surface area contributed by atoms with Gasteiger partial charge in [0.05, 0.1) is 7.11 Å². The van der Waals surface area contributed by atoms with E-state index in [4.69, 9.17) is 10.3 Å². The normalized spacial score (nSPS) is 11.1. The molecule has 0 fully saturated rings. The van der Waals surface area contributed by atoms with Crippen molar-refractivity contribution in [3.05, 3.63) is 0 Å². The molecule has 8 heteroatoms. The van der Waals surface area contributed by atoms with Gasteiger partial charge in [0.15, 0.2) is 0 Å². The van der Waals surface area contributed by atoms with E-state index in [1.54, 1.807) is 0 Å². The molecular weight excluding hydrogens is 404 g/mol. The van der Waals surface area contributed by atoms with E-state index in [1.165, 1.54) is 89.9 Å². The van der Waals surface area contributed by atoms with Crippen LogP contribution in [0.25, 0.3) is 0 Å². The smallest absolute Gasteiger partial charge is 0.356 e. The van der Waals surface area contributed by atoms with E-state index in [0.717, 1.165) is 26.5 Å². The number of amides is 1. The topological polar surface area (TPSA) is 119 Å². The number of carbonyl (C=O) groups excluding carboxylic acids is 1. The first-order chi connectivity index (χ1) is 14.4. The summed E-state index contributed by atoms with van der Waals surface area (Å²) in [6, 6.07) is 0. The van der Waals surface area contributed by atoms with Crippen molar-refractivity contribution in [2.45, 2.75) is 116 Å². The highest BCUT2D eigenvalue weighted by molar-refractivity contribution is 7.80. The molecule has 0 aliphatic rings. The highest BCUT2D eigenvalue weighted by Gasteiger charge is 2.00. The van der Waals surface area contributed by atoms with Crippen LogP contribution in [0.5, 0.6) is 0 Å². The molecule has 0 aliphatic heterocycles. The third-order valence-corrected chi connectivity index (χ3v) is 5.34. The van der Waals surface area contributed by atoms with Crippen LogP contribution >= 0.6 is 0 Å². The summed E-state index contributed by atoms with van der Waals surface area (Å²) in [4.78, 5) is 11.5. The van der Waals surface area contributed by atoms with Gasteiger partial charge in [-0.1, -0.05) is 96.8 Å². The monoisotopic (exact) mass is 452 g/mol. The second kappa shape index (κ2) is 24.6. The molecule has 1 amide bonds. The largest absolute Gasteiger partial charge is 0.397 e. The molecule has 0 aromatic rings. The maximum atomic E-state index is 11.5. The van der Waals surface area contributed by atoms with Crippen LogP contribution < -0.4 is 11.1 Å². The minimum Gasteiger partial charge on any atom is -0.356 e. The maximum Gasteiger partial charge on any atom is 0.397 e. The van der Waals surface area contributed by atoms with Crippen LogP contribution in [0, 0.1) is 0 Å². The predicted molar refractivity (Wildman–Crippen MR) is 125 cm³/mol. The summed E-state index contributed by atoms with van der Waals surface area (Å²) in [6.45, 7) is 3.66. The number of hydrogen-bond donors (Lipinski definition) is 3. The first-order valence-electron chi connectivity index (χ1n) is 11.9. The standard InChI is InChI=1S/C21H44N2O.CH4O4S/c1-2-3-4-5-6-7-8-9-10-11-12-13-14-15-16-18-21(24)23-20-17-19-22;1-5-6(2,3)4/h2-20,22H2,1H3,(H,23,24);1H3,(H,2,3,4). The Morgan fingerprint density at radius 3 is 1.50 bits per heavy atom. The summed E-state index contributed by atoms with van der Waals surface area (Å²) in [7, 11) is -3.29. The number of nitrogens with two attached hydrogens (primary N) is 1. The Hall–Kier alpha value is -0.700. The zero-order chi connectivity index (χ0) is 22.9. The molecular formula is C22H48N2O5S. The summed E-state index contributed by atoms with van der Waals surface area (Å²) in [5.41, 5.74) is 5.40. The second-order valence-corrected chi connectivity index (χ2v) is 8.98. The van der Waals surface area contributed by atoms with Crippen molar-refractivity contribution in [2.75, 3.05) is 20.2 Å². The summed E-state index contributed by atoms with van der Waals surface area (Å²) in [6.07, 6.45) is 22.0. The Bertz CT molecular complexity index is 458. The quantitative estimate of drug-likeness (QED) is 0.174. The van der Waals surface area contributed by atoms with Crippen molar-refractivity contribution in [2.24, 2.45) is 5.73 Å². The van der Waals surface area contributed by atoms with Gasteiger partial charge in [-0.15, -0.1) is 0 Å². The lowest BCUT2D eigenvalue weighted by Gasteiger charge is -2.05. The summed E-state index contributed by atoms with van der Waals surface area (Å²) in [5, 5.41) is 2.91. The SMILES string of the molecule is CCCCCCCCCCCCCCCCCC(=O)NCCCN.COS(=O)(=O)O. The highest BCUT2D eigenvalue weighted by atomic mass is 32.3. The van der Waals surface area contributed by atoms with Crippen molar-refractivity contribution in [3.63, 3.8) is 0 Å². The minimum atomic E-state index is -4.16. The summed E-state index contributed by atoms with van der Waals surface area (Å²) >= 11 is 0. The Kier molecular flexibility index (Phi) is 25.8. The third kappa shape index (κ3) is 32.0. The fraction of sp³-hybridized carbons (Fsp3) is 0.955. The van der Waals surface area contributed by atoms with Crippen molar-refractivity contribution < 1.29 is 21.9 Å². The molecule has 0 aromatic carbocycles. The minimum absolute atomic E-state index is 0.193. The van der Waals surface area contributed by atoms with Gasteiger partial charge in [0.25, 0.3) is 0 Å². The van der Waals surface area contributed by atoms with Crippen LogP contribution in [0.3, 0.4) is 0 Å². The van der Waals surface area contributed by atoms with Crippen molar-refractivity contribution >= 4 is 16.3 Å². The Balaban J connectivity index is 0. The average molecular weight is 453 g/mol. The van der Waals surface area contributed by atoms with E-state index >= 15 is 0 Å². The molecule has 0 spiro atoms. The average Bonchev–Trinajstić information content (AvgIpc) is 2.71.